The van der Waals surface area contributed by atoms with Gasteiger partial charge in [0.25, 0.3) is 11.8 Å². The van der Waals surface area contributed by atoms with E-state index in [9.17, 15) is 9.59 Å². The van der Waals surface area contributed by atoms with E-state index >= 15 is 0 Å². The van der Waals surface area contributed by atoms with Crippen LogP contribution in [-0.4, -0.2) is 34.4 Å². The molecule has 4 N–H and O–H groups in total. The van der Waals surface area contributed by atoms with Gasteiger partial charge in [-0.2, -0.15) is 0 Å². The molecule has 0 saturated carbocycles. The average molecular weight is 371 g/mol. The summed E-state index contributed by atoms with van der Waals surface area (Å²) < 4.78 is 0. The molecule has 2 heterocycles. The number of nitrogens with one attached hydrogen (secondary N) is 4. The lowest BCUT2D eigenvalue weighted by atomic mass is 9.86. The Morgan fingerprint density at radius 1 is 1.04 bits per heavy atom. The SMILES string of the molecule is CC(C)(C)C(CNC(=O)c1cc(Cl)c[nH]1)NC(=O)c1cc(Cl)c[nH]1. The standard InChI is InChI=1S/C16H20Cl2N4O2/c1-16(2,3)13(22-15(24)12-5-10(18)7-20-12)8-21-14(23)11-4-9(17)6-19-11/h4-7,13,19-20H,8H2,1-3H3,(H,21,23)(H,22,24). The highest BCUT2D eigenvalue weighted by molar-refractivity contribution is 6.31. The molecule has 0 bridgehead atoms. The van der Waals surface area contributed by atoms with Crippen LogP contribution in [0.3, 0.4) is 0 Å². The third-order valence-electron chi connectivity index (χ3n) is 3.60. The minimum atomic E-state index is -0.284. The van der Waals surface area contributed by atoms with Gasteiger partial charge in [0.2, 0.25) is 0 Å². The van der Waals surface area contributed by atoms with E-state index in [1.807, 2.05) is 20.8 Å². The third-order valence-corrected chi connectivity index (χ3v) is 4.04. The van der Waals surface area contributed by atoms with E-state index in [4.69, 9.17) is 23.2 Å². The minimum Gasteiger partial charge on any atom is -0.356 e. The van der Waals surface area contributed by atoms with E-state index in [1.54, 1.807) is 18.3 Å². The Balaban J connectivity index is 2.01. The van der Waals surface area contributed by atoms with Gasteiger partial charge in [0.1, 0.15) is 11.4 Å². The highest BCUT2D eigenvalue weighted by Crippen LogP contribution is 2.20. The second kappa shape index (κ2) is 7.32. The fourth-order valence-electron chi connectivity index (χ4n) is 2.10. The first-order chi connectivity index (χ1) is 11.2. The topological polar surface area (TPSA) is 89.8 Å². The van der Waals surface area contributed by atoms with Gasteiger partial charge in [-0.05, 0) is 17.5 Å². The highest BCUT2D eigenvalue weighted by Gasteiger charge is 2.27. The maximum atomic E-state index is 12.3. The molecule has 0 radical (unpaired) electrons. The zero-order valence-corrected chi connectivity index (χ0v) is 15.2. The number of carbonyl (C=O) groups excluding carboxylic acids is 2. The van der Waals surface area contributed by atoms with Crippen molar-refractivity contribution in [1.82, 2.24) is 20.6 Å². The van der Waals surface area contributed by atoms with Crippen LogP contribution in [0, 0.1) is 5.41 Å². The molecule has 1 atom stereocenters. The normalized spacial score (nSPS) is 12.7. The van der Waals surface area contributed by atoms with Crippen molar-refractivity contribution in [2.45, 2.75) is 26.8 Å². The zero-order valence-electron chi connectivity index (χ0n) is 13.7. The van der Waals surface area contributed by atoms with E-state index in [2.05, 4.69) is 20.6 Å². The third kappa shape index (κ3) is 4.79. The second-order valence-corrected chi connectivity index (χ2v) is 7.44. The van der Waals surface area contributed by atoms with Crippen LogP contribution in [0.2, 0.25) is 10.0 Å². The number of H-pyrrole nitrogens is 2. The number of amides is 2. The summed E-state index contributed by atoms with van der Waals surface area (Å²) in [5, 5.41) is 6.64. The molecule has 130 valence electrons. The van der Waals surface area contributed by atoms with Gasteiger partial charge < -0.3 is 20.6 Å². The van der Waals surface area contributed by atoms with E-state index in [0.29, 0.717) is 21.4 Å². The Bertz CT molecular complexity index is 731. The van der Waals surface area contributed by atoms with Crippen molar-refractivity contribution in [2.75, 3.05) is 6.54 Å². The van der Waals surface area contributed by atoms with E-state index < -0.39 is 0 Å². The molecular weight excluding hydrogens is 351 g/mol. The van der Waals surface area contributed by atoms with E-state index in [-0.39, 0.29) is 29.8 Å². The van der Waals surface area contributed by atoms with Gasteiger partial charge in [0.15, 0.2) is 0 Å². The number of carbonyl (C=O) groups is 2. The maximum absolute atomic E-state index is 12.3. The largest absolute Gasteiger partial charge is 0.356 e. The van der Waals surface area contributed by atoms with Crippen LogP contribution in [-0.2, 0) is 0 Å². The molecule has 0 aliphatic heterocycles. The summed E-state index contributed by atoms with van der Waals surface area (Å²) in [5.74, 6) is -0.563. The summed E-state index contributed by atoms with van der Waals surface area (Å²) in [6.07, 6.45) is 3.08. The van der Waals surface area contributed by atoms with Crippen LogP contribution in [0.1, 0.15) is 41.7 Å². The molecule has 2 rings (SSSR count). The molecule has 2 aromatic rings. The Morgan fingerprint density at radius 3 is 1.96 bits per heavy atom. The predicted molar refractivity (Wildman–Crippen MR) is 94.6 cm³/mol. The van der Waals surface area contributed by atoms with Crippen molar-refractivity contribution in [3.63, 3.8) is 0 Å². The first-order valence-corrected chi connectivity index (χ1v) is 8.19. The fraction of sp³-hybridized carbons (Fsp3) is 0.375. The van der Waals surface area contributed by atoms with Gasteiger partial charge in [-0.15, -0.1) is 0 Å². The molecule has 24 heavy (non-hydrogen) atoms. The molecule has 0 saturated heterocycles. The van der Waals surface area contributed by atoms with E-state index in [1.165, 1.54) is 6.20 Å². The highest BCUT2D eigenvalue weighted by atomic mass is 35.5. The molecule has 0 aliphatic rings. The summed E-state index contributed by atoms with van der Waals surface area (Å²) >= 11 is 11.6. The first-order valence-electron chi connectivity index (χ1n) is 7.43. The van der Waals surface area contributed by atoms with Crippen molar-refractivity contribution < 1.29 is 9.59 Å². The van der Waals surface area contributed by atoms with Gasteiger partial charge in [-0.25, -0.2) is 0 Å². The van der Waals surface area contributed by atoms with E-state index in [0.717, 1.165) is 0 Å². The number of rotatable bonds is 5. The summed E-state index contributed by atoms with van der Waals surface area (Å²) in [4.78, 5) is 30.0. The van der Waals surface area contributed by atoms with Crippen LogP contribution >= 0.6 is 23.2 Å². The molecule has 0 aromatic carbocycles. The van der Waals surface area contributed by atoms with Gasteiger partial charge in [-0.1, -0.05) is 44.0 Å². The fourth-order valence-corrected chi connectivity index (χ4v) is 2.43. The van der Waals surface area contributed by atoms with Gasteiger partial charge >= 0.3 is 0 Å². The van der Waals surface area contributed by atoms with Crippen LogP contribution in [0.15, 0.2) is 24.5 Å². The van der Waals surface area contributed by atoms with Crippen LogP contribution in [0.4, 0.5) is 0 Å². The van der Waals surface area contributed by atoms with Crippen molar-refractivity contribution in [1.29, 1.82) is 0 Å². The molecule has 2 aromatic heterocycles. The predicted octanol–water partition coefficient (Wildman–Crippen LogP) is 3.22. The smallest absolute Gasteiger partial charge is 0.268 e. The summed E-state index contributed by atoms with van der Waals surface area (Å²) in [7, 11) is 0. The molecular formula is C16H20Cl2N4O2. The Morgan fingerprint density at radius 2 is 1.54 bits per heavy atom. The summed E-state index contributed by atoms with van der Waals surface area (Å²) in [5.41, 5.74) is 0.485. The molecule has 1 unspecified atom stereocenters. The molecule has 2 amide bonds. The number of halogens is 2. The second-order valence-electron chi connectivity index (χ2n) is 6.57. The van der Waals surface area contributed by atoms with Crippen LogP contribution < -0.4 is 10.6 Å². The molecule has 0 aliphatic carbocycles. The monoisotopic (exact) mass is 370 g/mol. The van der Waals surface area contributed by atoms with Crippen molar-refractivity contribution >= 4 is 35.0 Å². The van der Waals surface area contributed by atoms with Gasteiger partial charge in [0.05, 0.1) is 16.1 Å². The number of aromatic amines is 2. The van der Waals surface area contributed by atoms with Crippen LogP contribution in [0.25, 0.3) is 0 Å². The van der Waals surface area contributed by atoms with Crippen molar-refractivity contribution in [3.05, 3.63) is 46.0 Å². The Kier molecular flexibility index (Phi) is 5.62. The molecule has 0 fully saturated rings. The summed E-state index contributed by atoms with van der Waals surface area (Å²) in [6.45, 7) is 6.23. The lowest BCUT2D eigenvalue weighted by Gasteiger charge is -2.31. The molecule has 6 nitrogen and oxygen atoms in total. The lowest BCUT2D eigenvalue weighted by molar-refractivity contribution is 0.0867. The maximum Gasteiger partial charge on any atom is 0.268 e. The Hall–Kier alpha value is -1.92. The summed E-state index contributed by atoms with van der Waals surface area (Å²) in [6, 6.07) is 2.82. The quantitative estimate of drug-likeness (QED) is 0.650. The van der Waals surface area contributed by atoms with Crippen molar-refractivity contribution in [3.8, 4) is 0 Å². The molecule has 8 heteroatoms. The van der Waals surface area contributed by atoms with Crippen LogP contribution in [0.5, 0.6) is 0 Å². The first kappa shape index (κ1) is 18.4. The molecule has 0 spiro atoms. The average Bonchev–Trinajstić information content (AvgIpc) is 3.10. The lowest BCUT2D eigenvalue weighted by Crippen LogP contribution is -2.50. The Labute approximate surface area is 150 Å². The van der Waals surface area contributed by atoms with Gasteiger partial charge in [-0.3, -0.25) is 9.59 Å². The number of aromatic nitrogens is 2. The number of hydrogen-bond acceptors (Lipinski definition) is 2. The van der Waals surface area contributed by atoms with Crippen molar-refractivity contribution in [2.24, 2.45) is 5.41 Å². The van der Waals surface area contributed by atoms with Gasteiger partial charge in [0, 0.05) is 18.9 Å². The zero-order chi connectivity index (χ0) is 17.9. The number of hydrogen-bond donors (Lipinski definition) is 4. The minimum absolute atomic E-state index is 0.257.